The van der Waals surface area contributed by atoms with Crippen molar-refractivity contribution in [2.45, 2.75) is 17.9 Å². The molecule has 0 radical (unpaired) electrons. The van der Waals surface area contributed by atoms with Crippen molar-refractivity contribution in [2.24, 2.45) is 0 Å². The van der Waals surface area contributed by atoms with Crippen molar-refractivity contribution in [1.29, 1.82) is 5.26 Å². The lowest BCUT2D eigenvalue weighted by atomic mass is 10.3. The smallest absolute Gasteiger partial charge is 0.284 e. The normalized spacial score (nSPS) is 11.4. The molecular formula is C11H10ClN3O3S. The molecule has 1 amide bonds. The van der Waals surface area contributed by atoms with Crippen LogP contribution in [0.25, 0.3) is 0 Å². The number of rotatable bonds is 5. The first-order valence-corrected chi connectivity index (χ1v) is 6.56. The van der Waals surface area contributed by atoms with Crippen LogP contribution in [-0.4, -0.2) is 22.6 Å². The predicted octanol–water partition coefficient (Wildman–Crippen LogP) is 2.37. The van der Waals surface area contributed by atoms with Crippen molar-refractivity contribution >= 4 is 35.0 Å². The number of benzene rings is 1. The SMILES string of the molecule is C[C@H](C#N)NC(=O)CSc1ccc(Cl)cc1[N+](=O)[O-]. The van der Waals surface area contributed by atoms with E-state index in [0.29, 0.717) is 4.90 Å². The fraction of sp³-hybridized carbons (Fsp3) is 0.273. The molecule has 1 aromatic rings. The first-order valence-electron chi connectivity index (χ1n) is 5.19. The second-order valence-electron chi connectivity index (χ2n) is 3.58. The first kappa shape index (κ1) is 15.3. The van der Waals surface area contributed by atoms with Crippen LogP contribution in [0.2, 0.25) is 5.02 Å². The largest absolute Gasteiger partial charge is 0.340 e. The number of carbonyl (C=O) groups is 1. The van der Waals surface area contributed by atoms with Gasteiger partial charge in [0.15, 0.2) is 0 Å². The summed E-state index contributed by atoms with van der Waals surface area (Å²) in [6.45, 7) is 1.55. The van der Waals surface area contributed by atoms with E-state index in [1.807, 2.05) is 6.07 Å². The molecule has 19 heavy (non-hydrogen) atoms. The van der Waals surface area contributed by atoms with Crippen molar-refractivity contribution in [3.63, 3.8) is 0 Å². The van der Waals surface area contributed by atoms with Gasteiger partial charge in [0.25, 0.3) is 5.69 Å². The lowest BCUT2D eigenvalue weighted by Crippen LogP contribution is -2.32. The summed E-state index contributed by atoms with van der Waals surface area (Å²) in [5, 5.41) is 22.1. The van der Waals surface area contributed by atoms with Crippen molar-refractivity contribution in [3.05, 3.63) is 33.3 Å². The minimum absolute atomic E-state index is 0.00546. The van der Waals surface area contributed by atoms with Gasteiger partial charge in [-0.15, -0.1) is 11.8 Å². The van der Waals surface area contributed by atoms with Crippen LogP contribution in [0, 0.1) is 21.4 Å². The van der Waals surface area contributed by atoms with Crippen LogP contribution in [-0.2, 0) is 4.79 Å². The molecule has 1 aromatic carbocycles. The van der Waals surface area contributed by atoms with Crippen molar-refractivity contribution < 1.29 is 9.72 Å². The lowest BCUT2D eigenvalue weighted by Gasteiger charge is -2.06. The molecule has 6 nitrogen and oxygen atoms in total. The number of thioether (sulfide) groups is 1. The summed E-state index contributed by atoms with van der Waals surface area (Å²) >= 11 is 6.71. The molecule has 0 fully saturated rings. The molecule has 1 N–H and O–H groups in total. The highest BCUT2D eigenvalue weighted by molar-refractivity contribution is 8.00. The number of carbonyl (C=O) groups excluding carboxylic acids is 1. The number of nitro benzene ring substituents is 1. The summed E-state index contributed by atoms with van der Waals surface area (Å²) in [5.74, 6) is -0.364. The number of nitrogens with zero attached hydrogens (tertiary/aromatic N) is 2. The molecule has 0 bridgehead atoms. The molecule has 0 saturated carbocycles. The van der Waals surface area contributed by atoms with E-state index < -0.39 is 11.0 Å². The summed E-state index contributed by atoms with van der Waals surface area (Å²) in [4.78, 5) is 22.1. The average Bonchev–Trinajstić information content (AvgIpc) is 2.36. The summed E-state index contributed by atoms with van der Waals surface area (Å²) in [7, 11) is 0. The Morgan fingerprint density at radius 1 is 1.68 bits per heavy atom. The Kier molecular flexibility index (Phi) is 5.60. The van der Waals surface area contributed by atoms with Gasteiger partial charge >= 0.3 is 0 Å². The van der Waals surface area contributed by atoms with E-state index in [1.54, 1.807) is 6.92 Å². The van der Waals surface area contributed by atoms with Crippen LogP contribution in [0.15, 0.2) is 23.1 Å². The van der Waals surface area contributed by atoms with Gasteiger partial charge in [-0.05, 0) is 19.1 Å². The Bertz CT molecular complexity index is 544. The maximum absolute atomic E-state index is 11.5. The van der Waals surface area contributed by atoms with Crippen molar-refractivity contribution in [2.75, 3.05) is 5.75 Å². The van der Waals surface area contributed by atoms with Gasteiger partial charge in [-0.3, -0.25) is 14.9 Å². The number of nitro groups is 1. The molecule has 0 unspecified atom stereocenters. The van der Waals surface area contributed by atoms with Gasteiger partial charge in [0.1, 0.15) is 6.04 Å². The van der Waals surface area contributed by atoms with Gasteiger partial charge in [0.05, 0.1) is 21.6 Å². The number of halogens is 1. The standard InChI is InChI=1S/C11H10ClN3O3S/c1-7(5-13)14-11(16)6-19-10-3-2-8(12)4-9(10)15(17)18/h2-4,7H,6H2,1H3,(H,14,16)/t7-/m1/s1. The molecule has 1 rings (SSSR count). The van der Waals surface area contributed by atoms with Gasteiger partial charge < -0.3 is 5.32 Å². The van der Waals surface area contributed by atoms with E-state index in [9.17, 15) is 14.9 Å². The summed E-state index contributed by atoms with van der Waals surface area (Å²) in [6, 6.07) is 5.52. The highest BCUT2D eigenvalue weighted by atomic mass is 35.5. The Morgan fingerprint density at radius 2 is 2.37 bits per heavy atom. The average molecular weight is 300 g/mol. The van der Waals surface area contributed by atoms with Crippen LogP contribution in [0.5, 0.6) is 0 Å². The maximum Gasteiger partial charge on any atom is 0.284 e. The second-order valence-corrected chi connectivity index (χ2v) is 5.03. The molecule has 1 atom stereocenters. The Labute approximate surface area is 118 Å². The third kappa shape index (κ3) is 4.77. The Hall–Kier alpha value is -1.78. The van der Waals surface area contributed by atoms with E-state index in [0.717, 1.165) is 11.8 Å². The molecule has 0 aromatic heterocycles. The lowest BCUT2D eigenvalue weighted by molar-refractivity contribution is -0.387. The third-order valence-corrected chi connectivity index (χ3v) is 3.35. The molecule has 8 heteroatoms. The van der Waals surface area contributed by atoms with Crippen LogP contribution in [0.4, 0.5) is 5.69 Å². The molecule has 0 aliphatic carbocycles. The Balaban J connectivity index is 2.71. The zero-order valence-electron chi connectivity index (χ0n) is 9.92. The molecule has 100 valence electrons. The molecule has 0 spiro atoms. The van der Waals surface area contributed by atoms with E-state index in [-0.39, 0.29) is 22.4 Å². The van der Waals surface area contributed by atoms with Crippen molar-refractivity contribution in [1.82, 2.24) is 5.32 Å². The van der Waals surface area contributed by atoms with Gasteiger partial charge in [0.2, 0.25) is 5.91 Å². The minimum Gasteiger partial charge on any atom is -0.340 e. The maximum atomic E-state index is 11.5. The van der Waals surface area contributed by atoms with Crippen LogP contribution in [0.3, 0.4) is 0 Å². The van der Waals surface area contributed by atoms with E-state index in [4.69, 9.17) is 16.9 Å². The van der Waals surface area contributed by atoms with Gasteiger partial charge in [0, 0.05) is 11.1 Å². The third-order valence-electron chi connectivity index (χ3n) is 2.05. The molecule has 0 aliphatic heterocycles. The first-order chi connectivity index (χ1) is 8.93. The summed E-state index contributed by atoms with van der Waals surface area (Å²) in [6.07, 6.45) is 0. The van der Waals surface area contributed by atoms with Crippen molar-refractivity contribution in [3.8, 4) is 6.07 Å². The van der Waals surface area contributed by atoms with Crippen LogP contribution in [0.1, 0.15) is 6.92 Å². The van der Waals surface area contributed by atoms with Gasteiger partial charge in [-0.2, -0.15) is 5.26 Å². The quantitative estimate of drug-likeness (QED) is 0.511. The fourth-order valence-corrected chi connectivity index (χ4v) is 2.20. The molecule has 0 saturated heterocycles. The zero-order chi connectivity index (χ0) is 14.4. The number of nitriles is 1. The summed E-state index contributed by atoms with van der Waals surface area (Å²) < 4.78 is 0. The van der Waals surface area contributed by atoms with Gasteiger partial charge in [-0.25, -0.2) is 0 Å². The molecular weight excluding hydrogens is 290 g/mol. The van der Waals surface area contributed by atoms with Crippen LogP contribution >= 0.6 is 23.4 Å². The molecule has 0 heterocycles. The molecule has 0 aliphatic rings. The zero-order valence-corrected chi connectivity index (χ0v) is 11.5. The highest BCUT2D eigenvalue weighted by Gasteiger charge is 2.16. The number of nitrogens with one attached hydrogen (secondary N) is 1. The van der Waals surface area contributed by atoms with Gasteiger partial charge in [-0.1, -0.05) is 11.6 Å². The van der Waals surface area contributed by atoms with E-state index >= 15 is 0 Å². The minimum atomic E-state index is -0.590. The number of hydrogen-bond acceptors (Lipinski definition) is 5. The predicted molar refractivity (Wildman–Crippen MR) is 72.0 cm³/mol. The monoisotopic (exact) mass is 299 g/mol. The van der Waals surface area contributed by atoms with Crippen LogP contribution < -0.4 is 5.32 Å². The number of amides is 1. The second kappa shape index (κ2) is 6.97. The topological polar surface area (TPSA) is 96.0 Å². The summed E-state index contributed by atoms with van der Waals surface area (Å²) in [5.41, 5.74) is -0.140. The fourth-order valence-electron chi connectivity index (χ4n) is 1.21. The number of hydrogen-bond donors (Lipinski definition) is 1. The highest BCUT2D eigenvalue weighted by Crippen LogP contribution is 2.31. The van der Waals surface area contributed by atoms with E-state index in [2.05, 4.69) is 5.32 Å². The Morgan fingerprint density at radius 3 is 2.95 bits per heavy atom. The van der Waals surface area contributed by atoms with E-state index in [1.165, 1.54) is 18.2 Å².